The Morgan fingerprint density at radius 1 is 1.32 bits per heavy atom. The van der Waals surface area contributed by atoms with E-state index in [9.17, 15) is 9.59 Å². The number of allylic oxidation sites excluding steroid dienone is 1. The summed E-state index contributed by atoms with van der Waals surface area (Å²) >= 11 is 6.47. The molecule has 1 aromatic rings. The second-order valence-electron chi connectivity index (χ2n) is 8.33. The van der Waals surface area contributed by atoms with Crippen LogP contribution in [0.5, 0.6) is 5.75 Å². The monoisotopic (exact) mass is 407 g/mol. The van der Waals surface area contributed by atoms with Gasteiger partial charge < -0.3 is 14.7 Å². The van der Waals surface area contributed by atoms with Gasteiger partial charge in [-0.2, -0.15) is 0 Å². The Hall–Kier alpha value is -2.01. The Balaban J connectivity index is 2.36. The van der Waals surface area contributed by atoms with Crippen molar-refractivity contribution in [3.8, 4) is 5.75 Å². The molecule has 0 bridgehead atoms. The molecular formula is C22H30ClNO4. The van der Waals surface area contributed by atoms with Crippen LogP contribution in [-0.2, 0) is 15.0 Å². The van der Waals surface area contributed by atoms with Gasteiger partial charge in [-0.25, -0.2) is 0 Å². The fraction of sp³-hybridized carbons (Fsp3) is 0.545. The summed E-state index contributed by atoms with van der Waals surface area (Å²) in [4.78, 5) is 25.2. The van der Waals surface area contributed by atoms with Crippen LogP contribution in [0.4, 0.5) is 0 Å². The highest BCUT2D eigenvalue weighted by atomic mass is 35.5. The summed E-state index contributed by atoms with van der Waals surface area (Å²) in [6.07, 6.45) is 2.04. The summed E-state index contributed by atoms with van der Waals surface area (Å²) in [5.41, 5.74) is 1.55. The topological polar surface area (TPSA) is 66.8 Å². The van der Waals surface area contributed by atoms with Crippen LogP contribution in [0.15, 0.2) is 30.0 Å². The molecule has 1 aliphatic rings. The molecular weight excluding hydrogens is 378 g/mol. The maximum absolute atomic E-state index is 12.7. The van der Waals surface area contributed by atoms with Crippen molar-refractivity contribution in [2.75, 3.05) is 13.2 Å². The molecule has 0 aliphatic carbocycles. The third kappa shape index (κ3) is 5.07. The molecule has 154 valence electrons. The van der Waals surface area contributed by atoms with Gasteiger partial charge in [0.15, 0.2) is 0 Å². The van der Waals surface area contributed by atoms with Crippen molar-refractivity contribution in [2.24, 2.45) is 11.8 Å². The van der Waals surface area contributed by atoms with E-state index in [-0.39, 0.29) is 31.2 Å². The van der Waals surface area contributed by atoms with Crippen molar-refractivity contribution >= 4 is 23.5 Å². The number of ether oxygens (including phenoxy) is 1. The van der Waals surface area contributed by atoms with E-state index in [0.717, 1.165) is 11.1 Å². The molecule has 0 radical (unpaired) electrons. The largest absolute Gasteiger partial charge is 0.492 e. The molecule has 1 atom stereocenters. The highest BCUT2D eigenvalue weighted by Gasteiger charge is 2.40. The van der Waals surface area contributed by atoms with Gasteiger partial charge in [0.05, 0.1) is 18.1 Å². The SMILES string of the molecule is CC(C)COc1ccc([C@]2(C)CC(=O)N(CCC(=O)O)C=C2C(C)C)cc1Cl. The first-order valence-corrected chi connectivity index (χ1v) is 10.1. The molecule has 1 amide bonds. The first-order chi connectivity index (χ1) is 13.0. The number of rotatable bonds is 8. The maximum atomic E-state index is 12.7. The zero-order chi connectivity index (χ0) is 21.1. The molecule has 1 aromatic carbocycles. The van der Waals surface area contributed by atoms with Crippen LogP contribution in [-0.4, -0.2) is 35.0 Å². The molecule has 1 N–H and O–H groups in total. The van der Waals surface area contributed by atoms with Gasteiger partial charge >= 0.3 is 5.97 Å². The van der Waals surface area contributed by atoms with Crippen molar-refractivity contribution in [3.63, 3.8) is 0 Å². The van der Waals surface area contributed by atoms with Crippen molar-refractivity contribution in [1.82, 2.24) is 4.90 Å². The van der Waals surface area contributed by atoms with E-state index in [1.54, 1.807) is 0 Å². The zero-order valence-electron chi connectivity index (χ0n) is 17.3. The minimum Gasteiger partial charge on any atom is -0.492 e. The van der Waals surface area contributed by atoms with E-state index in [4.69, 9.17) is 21.4 Å². The Morgan fingerprint density at radius 3 is 2.54 bits per heavy atom. The average molecular weight is 408 g/mol. The van der Waals surface area contributed by atoms with Gasteiger partial charge in [0.25, 0.3) is 0 Å². The van der Waals surface area contributed by atoms with Crippen molar-refractivity contribution in [2.45, 2.75) is 52.9 Å². The summed E-state index contributed by atoms with van der Waals surface area (Å²) in [6, 6.07) is 5.72. The Labute approximate surface area is 172 Å². The fourth-order valence-corrected chi connectivity index (χ4v) is 3.80. The number of carbonyl (C=O) groups excluding carboxylic acids is 1. The van der Waals surface area contributed by atoms with Gasteiger partial charge in [-0.05, 0) is 35.1 Å². The van der Waals surface area contributed by atoms with Gasteiger partial charge in [0.2, 0.25) is 5.91 Å². The van der Waals surface area contributed by atoms with E-state index in [0.29, 0.717) is 23.3 Å². The summed E-state index contributed by atoms with van der Waals surface area (Å²) in [5.74, 6) is 0.245. The van der Waals surface area contributed by atoms with Gasteiger partial charge in [0.1, 0.15) is 5.75 Å². The second kappa shape index (κ2) is 8.99. The van der Waals surface area contributed by atoms with Gasteiger partial charge in [-0.15, -0.1) is 0 Å². The Morgan fingerprint density at radius 2 is 2.00 bits per heavy atom. The predicted octanol–water partition coefficient (Wildman–Crippen LogP) is 4.88. The fourth-order valence-electron chi connectivity index (χ4n) is 3.57. The summed E-state index contributed by atoms with van der Waals surface area (Å²) in [6.45, 7) is 11.1. The van der Waals surface area contributed by atoms with Crippen molar-refractivity contribution in [3.05, 3.63) is 40.6 Å². The molecule has 0 spiro atoms. The molecule has 1 heterocycles. The molecule has 5 nitrogen and oxygen atoms in total. The number of amides is 1. The minimum absolute atomic E-state index is 0.0714. The van der Waals surface area contributed by atoms with E-state index in [2.05, 4.69) is 27.7 Å². The third-order valence-corrected chi connectivity index (χ3v) is 5.38. The number of benzene rings is 1. The molecule has 0 saturated heterocycles. The maximum Gasteiger partial charge on any atom is 0.305 e. The normalized spacial score (nSPS) is 19.9. The number of nitrogens with zero attached hydrogens (tertiary/aromatic N) is 1. The van der Waals surface area contributed by atoms with Crippen LogP contribution in [0.3, 0.4) is 0 Å². The van der Waals surface area contributed by atoms with Crippen molar-refractivity contribution in [1.29, 1.82) is 0 Å². The Bertz CT molecular complexity index is 772. The number of halogens is 1. The van der Waals surface area contributed by atoms with Crippen LogP contribution >= 0.6 is 11.6 Å². The highest BCUT2D eigenvalue weighted by molar-refractivity contribution is 6.32. The number of aliphatic carboxylic acids is 1. The summed E-state index contributed by atoms with van der Waals surface area (Å²) < 4.78 is 5.76. The minimum atomic E-state index is -0.913. The number of carboxylic acid groups (broad SMARTS) is 1. The molecule has 2 rings (SSSR count). The average Bonchev–Trinajstić information content (AvgIpc) is 2.59. The number of hydrogen-bond donors (Lipinski definition) is 1. The van der Waals surface area contributed by atoms with Gasteiger partial charge in [-0.1, -0.05) is 52.3 Å². The number of carbonyl (C=O) groups is 2. The second-order valence-corrected chi connectivity index (χ2v) is 8.74. The highest BCUT2D eigenvalue weighted by Crippen LogP contribution is 2.44. The lowest BCUT2D eigenvalue weighted by molar-refractivity contribution is -0.138. The lowest BCUT2D eigenvalue weighted by Gasteiger charge is -2.41. The Kier molecular flexibility index (Phi) is 7.16. The molecule has 0 aromatic heterocycles. The summed E-state index contributed by atoms with van der Waals surface area (Å²) in [7, 11) is 0. The number of carboxylic acids is 1. The molecule has 28 heavy (non-hydrogen) atoms. The molecule has 0 fully saturated rings. The van der Waals surface area contributed by atoms with E-state index in [1.165, 1.54) is 4.90 Å². The molecule has 6 heteroatoms. The van der Waals surface area contributed by atoms with Gasteiger partial charge in [0, 0.05) is 24.6 Å². The van der Waals surface area contributed by atoms with Crippen LogP contribution in [0, 0.1) is 11.8 Å². The first kappa shape index (κ1) is 22.3. The van der Waals surface area contributed by atoms with E-state index >= 15 is 0 Å². The number of hydrogen-bond acceptors (Lipinski definition) is 3. The van der Waals surface area contributed by atoms with Crippen molar-refractivity contribution < 1.29 is 19.4 Å². The molecule has 0 unspecified atom stereocenters. The van der Waals surface area contributed by atoms with Crippen LogP contribution in [0.2, 0.25) is 5.02 Å². The summed E-state index contributed by atoms with van der Waals surface area (Å²) in [5, 5.41) is 9.47. The first-order valence-electron chi connectivity index (χ1n) is 9.71. The standard InChI is InChI=1S/C22H30ClNO4/c1-14(2)13-28-19-7-6-16(10-18(19)23)22(5)11-20(25)24(9-8-21(26)27)12-17(22)15(3)4/h6-7,10,12,14-15H,8-9,11,13H2,1-5H3,(H,26,27)/t22-/m0/s1. The predicted molar refractivity (Wildman–Crippen MR) is 111 cm³/mol. The van der Waals surface area contributed by atoms with Gasteiger partial charge in [-0.3, -0.25) is 9.59 Å². The van der Waals surface area contributed by atoms with Crippen LogP contribution < -0.4 is 4.74 Å². The lowest BCUT2D eigenvalue weighted by Crippen LogP contribution is -2.42. The third-order valence-electron chi connectivity index (χ3n) is 5.09. The lowest BCUT2D eigenvalue weighted by atomic mass is 9.68. The quantitative estimate of drug-likeness (QED) is 0.666. The van der Waals surface area contributed by atoms with E-state index < -0.39 is 11.4 Å². The van der Waals surface area contributed by atoms with Crippen LogP contribution in [0.25, 0.3) is 0 Å². The smallest absolute Gasteiger partial charge is 0.305 e. The van der Waals surface area contributed by atoms with E-state index in [1.807, 2.05) is 31.3 Å². The molecule has 1 aliphatic heterocycles. The van der Waals surface area contributed by atoms with Crippen LogP contribution in [0.1, 0.15) is 53.0 Å². The zero-order valence-corrected chi connectivity index (χ0v) is 18.0. The molecule has 0 saturated carbocycles.